The summed E-state index contributed by atoms with van der Waals surface area (Å²) in [5.74, 6) is -0.758. The number of esters is 1. The number of halogens is 1. The first-order valence-electron chi connectivity index (χ1n) is 8.53. The molecule has 0 bridgehead atoms. The molecule has 0 unspecified atom stereocenters. The van der Waals surface area contributed by atoms with Crippen LogP contribution in [0.15, 0.2) is 30.3 Å². The number of Topliss-reactive ketones (excluding diaryl/α,β-unsaturated/α-hetero) is 1. The second-order valence-electron chi connectivity index (χ2n) is 6.69. The van der Waals surface area contributed by atoms with Gasteiger partial charge in [-0.2, -0.15) is 0 Å². The standard InChI is InChI=1S/C19H20ClNO5S/c1-12-9-16(13(2)21(12)14-7-8-27(24,25)11-14)18(22)10-26-19(23)15-5-3-4-6-17(15)20/h3-6,9,14H,7-8,10-11H2,1-2H3/t14-/m1/s1. The molecule has 0 spiro atoms. The quantitative estimate of drug-likeness (QED) is 0.559. The van der Waals surface area contributed by atoms with Crippen molar-refractivity contribution >= 4 is 33.2 Å². The second kappa shape index (κ2) is 7.48. The number of hydrogen-bond donors (Lipinski definition) is 0. The Morgan fingerprint density at radius 2 is 1.93 bits per heavy atom. The van der Waals surface area contributed by atoms with Crippen molar-refractivity contribution in [2.45, 2.75) is 26.3 Å². The van der Waals surface area contributed by atoms with E-state index in [-0.39, 0.29) is 33.9 Å². The molecular weight excluding hydrogens is 390 g/mol. The molecule has 0 N–H and O–H groups in total. The van der Waals surface area contributed by atoms with Crippen molar-refractivity contribution in [1.29, 1.82) is 0 Å². The third kappa shape index (κ3) is 4.09. The summed E-state index contributed by atoms with van der Waals surface area (Å²) in [6, 6.07) is 8.01. The van der Waals surface area contributed by atoms with Gasteiger partial charge in [-0.25, -0.2) is 13.2 Å². The second-order valence-corrected chi connectivity index (χ2v) is 9.33. The molecule has 2 aromatic rings. The van der Waals surface area contributed by atoms with E-state index >= 15 is 0 Å². The van der Waals surface area contributed by atoms with Gasteiger partial charge in [-0.3, -0.25) is 4.79 Å². The molecule has 0 radical (unpaired) electrons. The highest BCUT2D eigenvalue weighted by atomic mass is 35.5. The lowest BCUT2D eigenvalue weighted by Crippen LogP contribution is -2.17. The Hall–Kier alpha value is -2.12. The summed E-state index contributed by atoms with van der Waals surface area (Å²) in [5, 5.41) is 0.260. The monoisotopic (exact) mass is 409 g/mol. The molecule has 6 nitrogen and oxygen atoms in total. The van der Waals surface area contributed by atoms with Crippen molar-refractivity contribution in [2.75, 3.05) is 18.1 Å². The number of ether oxygens (including phenoxy) is 1. The van der Waals surface area contributed by atoms with Crippen LogP contribution in [-0.2, 0) is 14.6 Å². The normalized spacial score (nSPS) is 18.4. The minimum absolute atomic E-state index is 0.0818. The predicted molar refractivity (Wildman–Crippen MR) is 102 cm³/mol. The molecule has 0 aliphatic carbocycles. The van der Waals surface area contributed by atoms with E-state index in [2.05, 4.69) is 0 Å². The molecule has 1 atom stereocenters. The first-order valence-corrected chi connectivity index (χ1v) is 10.7. The van der Waals surface area contributed by atoms with Gasteiger partial charge < -0.3 is 9.30 Å². The number of rotatable bonds is 5. The lowest BCUT2D eigenvalue weighted by atomic mass is 10.1. The Balaban J connectivity index is 1.73. The number of carbonyl (C=O) groups is 2. The Kier molecular flexibility index (Phi) is 5.44. The number of benzene rings is 1. The topological polar surface area (TPSA) is 82.4 Å². The van der Waals surface area contributed by atoms with Gasteiger partial charge in [-0.1, -0.05) is 23.7 Å². The molecule has 1 saturated heterocycles. The molecule has 1 aromatic carbocycles. The SMILES string of the molecule is Cc1cc(C(=O)COC(=O)c2ccccc2Cl)c(C)n1[C@@H]1CCS(=O)(=O)C1. The van der Waals surface area contributed by atoms with Crippen molar-refractivity contribution < 1.29 is 22.7 Å². The molecule has 144 valence electrons. The summed E-state index contributed by atoms with van der Waals surface area (Å²) in [6.07, 6.45) is 0.536. The summed E-state index contributed by atoms with van der Waals surface area (Å²) in [5.41, 5.74) is 2.14. The summed E-state index contributed by atoms with van der Waals surface area (Å²) in [4.78, 5) is 24.7. The Morgan fingerprint density at radius 1 is 1.22 bits per heavy atom. The smallest absolute Gasteiger partial charge is 0.340 e. The Labute approximate surface area is 163 Å². The zero-order chi connectivity index (χ0) is 19.8. The van der Waals surface area contributed by atoms with Crippen LogP contribution < -0.4 is 0 Å². The lowest BCUT2D eigenvalue weighted by Gasteiger charge is -2.16. The minimum Gasteiger partial charge on any atom is -0.454 e. The Morgan fingerprint density at radius 3 is 2.56 bits per heavy atom. The maximum atomic E-state index is 12.6. The highest BCUT2D eigenvalue weighted by Crippen LogP contribution is 2.29. The van der Waals surface area contributed by atoms with Crippen molar-refractivity contribution in [3.8, 4) is 0 Å². The van der Waals surface area contributed by atoms with Crippen LogP contribution >= 0.6 is 11.6 Å². The van der Waals surface area contributed by atoms with Gasteiger partial charge in [0.15, 0.2) is 16.4 Å². The van der Waals surface area contributed by atoms with Gasteiger partial charge in [0.2, 0.25) is 5.78 Å². The number of ketones is 1. The highest BCUT2D eigenvalue weighted by Gasteiger charge is 2.31. The van der Waals surface area contributed by atoms with Gasteiger partial charge in [-0.15, -0.1) is 0 Å². The predicted octanol–water partition coefficient (Wildman–Crippen LogP) is 3.16. The number of aromatic nitrogens is 1. The summed E-state index contributed by atoms with van der Waals surface area (Å²) in [6.45, 7) is 3.21. The summed E-state index contributed by atoms with van der Waals surface area (Å²) >= 11 is 5.96. The van der Waals surface area contributed by atoms with E-state index < -0.39 is 22.4 Å². The van der Waals surface area contributed by atoms with E-state index in [1.165, 1.54) is 6.07 Å². The van der Waals surface area contributed by atoms with Crippen LogP contribution in [0.5, 0.6) is 0 Å². The van der Waals surface area contributed by atoms with Crippen LogP contribution in [0.25, 0.3) is 0 Å². The van der Waals surface area contributed by atoms with E-state index in [0.29, 0.717) is 17.7 Å². The number of hydrogen-bond acceptors (Lipinski definition) is 5. The van der Waals surface area contributed by atoms with E-state index in [0.717, 1.165) is 5.69 Å². The molecule has 1 aromatic heterocycles. The van der Waals surface area contributed by atoms with E-state index in [1.54, 1.807) is 31.2 Å². The van der Waals surface area contributed by atoms with Gasteiger partial charge >= 0.3 is 5.97 Å². The zero-order valence-corrected chi connectivity index (χ0v) is 16.6. The fourth-order valence-corrected chi connectivity index (χ4v) is 5.43. The van der Waals surface area contributed by atoms with Crippen LogP contribution in [0.1, 0.15) is 44.6 Å². The summed E-state index contributed by atoms with van der Waals surface area (Å²) < 4.78 is 30.5. The van der Waals surface area contributed by atoms with Crippen molar-refractivity contribution in [1.82, 2.24) is 4.57 Å². The van der Waals surface area contributed by atoms with Crippen LogP contribution in [-0.4, -0.2) is 42.9 Å². The zero-order valence-electron chi connectivity index (χ0n) is 15.1. The minimum atomic E-state index is -3.03. The fraction of sp³-hybridized carbons (Fsp3) is 0.368. The molecule has 1 fully saturated rings. The largest absolute Gasteiger partial charge is 0.454 e. The maximum Gasteiger partial charge on any atom is 0.340 e. The molecular formula is C19H20ClNO5S. The summed E-state index contributed by atoms with van der Waals surface area (Å²) in [7, 11) is -3.03. The maximum absolute atomic E-state index is 12.6. The van der Waals surface area contributed by atoms with E-state index in [9.17, 15) is 18.0 Å². The van der Waals surface area contributed by atoms with Gasteiger partial charge in [0, 0.05) is 23.0 Å². The number of sulfone groups is 1. The molecule has 0 amide bonds. The van der Waals surface area contributed by atoms with Gasteiger partial charge in [0.05, 0.1) is 22.1 Å². The average Bonchev–Trinajstić information content (AvgIpc) is 3.11. The van der Waals surface area contributed by atoms with Crippen molar-refractivity contribution in [2.24, 2.45) is 0 Å². The molecule has 2 heterocycles. The number of carbonyl (C=O) groups excluding carboxylic acids is 2. The van der Waals surface area contributed by atoms with E-state index in [1.807, 2.05) is 11.5 Å². The Bertz CT molecular complexity index is 1010. The highest BCUT2D eigenvalue weighted by molar-refractivity contribution is 7.91. The molecule has 3 rings (SSSR count). The third-order valence-electron chi connectivity index (χ3n) is 4.79. The molecule has 0 saturated carbocycles. The van der Waals surface area contributed by atoms with Crippen molar-refractivity contribution in [3.63, 3.8) is 0 Å². The van der Waals surface area contributed by atoms with Gasteiger partial charge in [0.1, 0.15) is 0 Å². The van der Waals surface area contributed by atoms with Crippen LogP contribution in [0.3, 0.4) is 0 Å². The van der Waals surface area contributed by atoms with Crippen LogP contribution in [0.4, 0.5) is 0 Å². The van der Waals surface area contributed by atoms with Crippen LogP contribution in [0.2, 0.25) is 5.02 Å². The van der Waals surface area contributed by atoms with Gasteiger partial charge in [-0.05, 0) is 38.5 Å². The first kappa shape index (κ1) is 19.6. The van der Waals surface area contributed by atoms with E-state index in [4.69, 9.17) is 16.3 Å². The van der Waals surface area contributed by atoms with Gasteiger partial charge in [0.25, 0.3) is 0 Å². The fourth-order valence-electron chi connectivity index (χ4n) is 3.51. The first-order chi connectivity index (χ1) is 12.7. The molecule has 1 aliphatic heterocycles. The average molecular weight is 410 g/mol. The third-order valence-corrected chi connectivity index (χ3v) is 6.87. The number of aryl methyl sites for hydroxylation is 1. The molecule has 1 aliphatic rings. The molecule has 27 heavy (non-hydrogen) atoms. The van der Waals surface area contributed by atoms with Crippen molar-refractivity contribution in [3.05, 3.63) is 57.9 Å². The van der Waals surface area contributed by atoms with Crippen LogP contribution in [0, 0.1) is 13.8 Å². The number of nitrogens with zero attached hydrogens (tertiary/aromatic N) is 1. The lowest BCUT2D eigenvalue weighted by molar-refractivity contribution is 0.0474. The molecule has 8 heteroatoms.